The largest absolute Gasteiger partial charge is 0.385 e. The van der Waals surface area contributed by atoms with Crippen LogP contribution in [-0.2, 0) is 23.1 Å². The Balaban J connectivity index is 1.82. The Morgan fingerprint density at radius 1 is 1.37 bits per heavy atom. The lowest BCUT2D eigenvalue weighted by atomic mass is 10.2. The Bertz CT molecular complexity index is 570. The number of aromatic nitrogens is 3. The van der Waals surface area contributed by atoms with Gasteiger partial charge in [-0.3, -0.25) is 0 Å². The topological polar surface area (TPSA) is 88.8 Å². The van der Waals surface area contributed by atoms with E-state index in [9.17, 15) is 0 Å². The third-order valence-corrected chi connectivity index (χ3v) is 4.76. The summed E-state index contributed by atoms with van der Waals surface area (Å²) in [6, 6.07) is 0. The molecule has 154 valence electrons. The standard InChI is InChI=1S/C18H35N7O2/c1-15-22-23-17(25(15)3)14-21-18(20-13-16-7-5-12-27-16)19-8-10-24(2)9-6-11-26-4/h16H,5-14H2,1-4H3,(H2,19,20,21). The molecule has 0 saturated carbocycles. The highest BCUT2D eigenvalue weighted by molar-refractivity contribution is 5.79. The van der Waals surface area contributed by atoms with E-state index >= 15 is 0 Å². The molecule has 0 aliphatic carbocycles. The summed E-state index contributed by atoms with van der Waals surface area (Å²) in [5.41, 5.74) is 0. The SMILES string of the molecule is COCCCN(C)CCNC(=NCc1nnc(C)n1C)NCC1CCCO1. The van der Waals surface area contributed by atoms with Gasteiger partial charge in [-0.05, 0) is 33.2 Å². The first-order valence-corrected chi connectivity index (χ1v) is 9.76. The summed E-state index contributed by atoms with van der Waals surface area (Å²) in [5.74, 6) is 2.53. The molecule has 0 amide bonds. The van der Waals surface area contributed by atoms with Gasteiger partial charge >= 0.3 is 0 Å². The van der Waals surface area contributed by atoms with Crippen LogP contribution in [0.4, 0.5) is 0 Å². The molecule has 0 radical (unpaired) electrons. The first-order chi connectivity index (χ1) is 13.1. The molecule has 0 bridgehead atoms. The molecule has 0 aromatic carbocycles. The van der Waals surface area contributed by atoms with Gasteiger partial charge in [0, 0.05) is 53.6 Å². The van der Waals surface area contributed by atoms with Crippen LogP contribution in [0.2, 0.25) is 0 Å². The number of ether oxygens (including phenoxy) is 2. The number of methoxy groups -OCH3 is 1. The quantitative estimate of drug-likeness (QED) is 0.324. The van der Waals surface area contributed by atoms with E-state index in [1.165, 1.54) is 0 Å². The van der Waals surface area contributed by atoms with Gasteiger partial charge in [0.2, 0.25) is 0 Å². The number of guanidine groups is 1. The maximum Gasteiger partial charge on any atom is 0.191 e. The second-order valence-corrected chi connectivity index (χ2v) is 6.98. The first kappa shape index (κ1) is 21.6. The van der Waals surface area contributed by atoms with E-state index in [-0.39, 0.29) is 6.10 Å². The van der Waals surface area contributed by atoms with E-state index in [0.717, 1.165) is 76.3 Å². The Morgan fingerprint density at radius 2 is 2.22 bits per heavy atom. The molecular weight excluding hydrogens is 346 g/mol. The van der Waals surface area contributed by atoms with E-state index in [1.54, 1.807) is 7.11 Å². The maximum absolute atomic E-state index is 5.69. The minimum absolute atomic E-state index is 0.269. The highest BCUT2D eigenvalue weighted by Crippen LogP contribution is 2.10. The highest BCUT2D eigenvalue weighted by atomic mass is 16.5. The van der Waals surface area contributed by atoms with E-state index in [2.05, 4.69) is 37.8 Å². The minimum Gasteiger partial charge on any atom is -0.385 e. The van der Waals surface area contributed by atoms with Crippen molar-refractivity contribution in [3.63, 3.8) is 0 Å². The molecule has 2 heterocycles. The Kier molecular flexibility index (Phi) is 9.51. The van der Waals surface area contributed by atoms with Crippen LogP contribution in [0.3, 0.4) is 0 Å². The van der Waals surface area contributed by atoms with Crippen LogP contribution >= 0.6 is 0 Å². The minimum atomic E-state index is 0.269. The number of likely N-dealkylation sites (N-methyl/N-ethyl adjacent to an activating group) is 1. The zero-order chi connectivity index (χ0) is 19.5. The van der Waals surface area contributed by atoms with Crippen LogP contribution in [0.5, 0.6) is 0 Å². The summed E-state index contributed by atoms with van der Waals surface area (Å²) >= 11 is 0. The van der Waals surface area contributed by atoms with Crippen molar-refractivity contribution in [1.82, 2.24) is 30.3 Å². The van der Waals surface area contributed by atoms with E-state index in [4.69, 9.17) is 9.47 Å². The summed E-state index contributed by atoms with van der Waals surface area (Å²) < 4.78 is 12.8. The Labute approximate surface area is 162 Å². The molecule has 1 aliphatic rings. The number of aryl methyl sites for hydroxylation is 1. The smallest absolute Gasteiger partial charge is 0.191 e. The van der Waals surface area contributed by atoms with Crippen LogP contribution in [0, 0.1) is 6.92 Å². The molecule has 2 N–H and O–H groups in total. The molecule has 1 unspecified atom stereocenters. The van der Waals surface area contributed by atoms with Gasteiger partial charge in [0.05, 0.1) is 6.10 Å². The van der Waals surface area contributed by atoms with Crippen LogP contribution in [0.25, 0.3) is 0 Å². The fourth-order valence-electron chi connectivity index (χ4n) is 2.88. The molecule has 2 rings (SSSR count). The van der Waals surface area contributed by atoms with Gasteiger partial charge in [0.15, 0.2) is 11.8 Å². The third-order valence-electron chi connectivity index (χ3n) is 4.76. The van der Waals surface area contributed by atoms with Crippen LogP contribution in [0.15, 0.2) is 4.99 Å². The van der Waals surface area contributed by atoms with Gasteiger partial charge in [0.1, 0.15) is 12.4 Å². The van der Waals surface area contributed by atoms with Crippen LogP contribution in [-0.4, -0.2) is 85.3 Å². The second kappa shape index (κ2) is 11.9. The molecule has 0 spiro atoms. The Morgan fingerprint density at radius 3 is 2.89 bits per heavy atom. The average molecular weight is 382 g/mol. The molecule has 9 heteroatoms. The molecular formula is C18H35N7O2. The fraction of sp³-hybridized carbons (Fsp3) is 0.833. The van der Waals surface area contributed by atoms with Gasteiger partial charge in [-0.2, -0.15) is 0 Å². The van der Waals surface area contributed by atoms with Gasteiger partial charge in [0.25, 0.3) is 0 Å². The van der Waals surface area contributed by atoms with E-state index in [0.29, 0.717) is 6.54 Å². The van der Waals surface area contributed by atoms with E-state index < -0.39 is 0 Å². The zero-order valence-corrected chi connectivity index (χ0v) is 17.2. The lowest BCUT2D eigenvalue weighted by molar-refractivity contribution is 0.113. The Hall–Kier alpha value is -1.71. The molecule has 1 aromatic rings. The molecule has 1 atom stereocenters. The normalized spacial score (nSPS) is 17.7. The first-order valence-electron chi connectivity index (χ1n) is 9.76. The molecule has 1 aliphatic heterocycles. The highest BCUT2D eigenvalue weighted by Gasteiger charge is 2.15. The van der Waals surface area contributed by atoms with Crippen molar-refractivity contribution in [2.24, 2.45) is 12.0 Å². The number of hydrogen-bond donors (Lipinski definition) is 2. The lowest BCUT2D eigenvalue weighted by Gasteiger charge is -2.19. The van der Waals surface area contributed by atoms with Crippen molar-refractivity contribution in [2.75, 3.05) is 53.6 Å². The molecule has 1 saturated heterocycles. The molecule has 9 nitrogen and oxygen atoms in total. The van der Waals surface area contributed by atoms with Crippen molar-refractivity contribution < 1.29 is 9.47 Å². The summed E-state index contributed by atoms with van der Waals surface area (Å²) in [6.07, 6.45) is 3.55. The summed E-state index contributed by atoms with van der Waals surface area (Å²) in [7, 11) is 5.82. The number of aliphatic imine (C=N–C) groups is 1. The second-order valence-electron chi connectivity index (χ2n) is 6.98. The van der Waals surface area contributed by atoms with E-state index in [1.807, 2.05) is 18.5 Å². The number of hydrogen-bond acceptors (Lipinski definition) is 6. The van der Waals surface area contributed by atoms with Gasteiger partial charge < -0.3 is 29.6 Å². The molecule has 1 aromatic heterocycles. The fourth-order valence-corrected chi connectivity index (χ4v) is 2.88. The average Bonchev–Trinajstić information content (AvgIpc) is 3.28. The summed E-state index contributed by atoms with van der Waals surface area (Å²) in [5, 5.41) is 15.1. The summed E-state index contributed by atoms with van der Waals surface area (Å²) in [4.78, 5) is 6.97. The van der Waals surface area contributed by atoms with Gasteiger partial charge in [-0.25, -0.2) is 4.99 Å². The van der Waals surface area contributed by atoms with Crippen molar-refractivity contribution in [1.29, 1.82) is 0 Å². The zero-order valence-electron chi connectivity index (χ0n) is 17.2. The van der Waals surface area contributed by atoms with Crippen molar-refractivity contribution >= 4 is 5.96 Å². The van der Waals surface area contributed by atoms with Crippen molar-refractivity contribution in [2.45, 2.75) is 38.8 Å². The summed E-state index contributed by atoms with van der Waals surface area (Å²) in [6.45, 7) is 7.63. The van der Waals surface area contributed by atoms with Crippen LogP contribution in [0.1, 0.15) is 30.9 Å². The predicted molar refractivity (Wildman–Crippen MR) is 106 cm³/mol. The molecule has 27 heavy (non-hydrogen) atoms. The molecule has 1 fully saturated rings. The van der Waals surface area contributed by atoms with Crippen molar-refractivity contribution in [3.05, 3.63) is 11.6 Å². The maximum atomic E-state index is 5.69. The third kappa shape index (κ3) is 7.82. The van der Waals surface area contributed by atoms with Gasteiger partial charge in [-0.15, -0.1) is 10.2 Å². The van der Waals surface area contributed by atoms with Crippen molar-refractivity contribution in [3.8, 4) is 0 Å². The van der Waals surface area contributed by atoms with Gasteiger partial charge in [-0.1, -0.05) is 0 Å². The monoisotopic (exact) mass is 381 g/mol. The number of nitrogens with one attached hydrogen (secondary N) is 2. The number of nitrogens with zero attached hydrogens (tertiary/aromatic N) is 5. The predicted octanol–water partition coefficient (Wildman–Crippen LogP) is 0.306. The number of rotatable bonds is 11. The van der Waals surface area contributed by atoms with Crippen LogP contribution < -0.4 is 10.6 Å². The lowest BCUT2D eigenvalue weighted by Crippen LogP contribution is -2.43.